The highest BCUT2D eigenvalue weighted by Gasteiger charge is 2.28. The summed E-state index contributed by atoms with van der Waals surface area (Å²) in [4.78, 5) is 2.50. The highest BCUT2D eigenvalue weighted by atomic mass is 15.1. The van der Waals surface area contributed by atoms with E-state index < -0.39 is 0 Å². The maximum Gasteiger partial charge on any atom is 0.0107 e. The molecule has 0 aromatic rings. The van der Waals surface area contributed by atoms with Crippen LogP contribution in [0.3, 0.4) is 0 Å². The number of nitrogens with zero attached hydrogens (tertiary/aromatic N) is 1. The fraction of sp³-hybridized carbons (Fsp3) is 1.00. The molecule has 2 rings (SSSR count). The van der Waals surface area contributed by atoms with E-state index in [4.69, 9.17) is 0 Å². The molecule has 1 heterocycles. The van der Waals surface area contributed by atoms with E-state index >= 15 is 0 Å². The zero-order chi connectivity index (χ0) is 8.39. The third-order valence-corrected chi connectivity index (χ3v) is 3.33. The van der Waals surface area contributed by atoms with Crippen LogP contribution in [0, 0.1) is 5.92 Å². The van der Waals surface area contributed by atoms with Crippen molar-refractivity contribution < 1.29 is 0 Å². The Hall–Kier alpha value is -0.0800. The Bertz CT molecular complexity index is 147. The number of rotatable bonds is 0. The second-order valence-electron chi connectivity index (χ2n) is 4.37. The maximum atomic E-state index is 3.68. The lowest BCUT2D eigenvalue weighted by Crippen LogP contribution is -2.42. The van der Waals surface area contributed by atoms with Gasteiger partial charge in [0, 0.05) is 12.6 Å². The van der Waals surface area contributed by atoms with Crippen molar-refractivity contribution in [2.45, 2.75) is 31.7 Å². The first-order valence-corrected chi connectivity index (χ1v) is 5.28. The monoisotopic (exact) mass is 168 g/mol. The van der Waals surface area contributed by atoms with Crippen LogP contribution in [-0.2, 0) is 0 Å². The molecule has 0 aromatic heterocycles. The fourth-order valence-electron chi connectivity index (χ4n) is 2.65. The molecule has 2 atom stereocenters. The van der Waals surface area contributed by atoms with Crippen molar-refractivity contribution in [3.63, 3.8) is 0 Å². The summed E-state index contributed by atoms with van der Waals surface area (Å²) in [5.74, 6) is 0.940. The van der Waals surface area contributed by atoms with Crippen LogP contribution in [0.25, 0.3) is 0 Å². The zero-order valence-corrected chi connectivity index (χ0v) is 8.05. The molecule has 70 valence electrons. The van der Waals surface area contributed by atoms with Gasteiger partial charge in [-0.1, -0.05) is 6.42 Å². The van der Waals surface area contributed by atoms with Crippen molar-refractivity contribution in [2.75, 3.05) is 26.7 Å². The van der Waals surface area contributed by atoms with Gasteiger partial charge in [0.1, 0.15) is 0 Å². The van der Waals surface area contributed by atoms with Crippen LogP contribution in [0.1, 0.15) is 25.7 Å². The topological polar surface area (TPSA) is 15.3 Å². The molecule has 0 radical (unpaired) electrons. The molecule has 0 aromatic carbocycles. The predicted molar refractivity (Wildman–Crippen MR) is 51.2 cm³/mol. The van der Waals surface area contributed by atoms with Crippen LogP contribution in [-0.4, -0.2) is 37.6 Å². The molecule has 2 fully saturated rings. The van der Waals surface area contributed by atoms with Crippen LogP contribution >= 0.6 is 0 Å². The molecular formula is C10H20N2. The minimum absolute atomic E-state index is 0.841. The standard InChI is InChI=1S/C10H20N2/c1-12-7-3-6-11-10-5-2-4-9(10)8-12/h9-11H,2-8H2,1H3. The van der Waals surface area contributed by atoms with Crippen molar-refractivity contribution >= 4 is 0 Å². The van der Waals surface area contributed by atoms with Crippen molar-refractivity contribution in [1.29, 1.82) is 0 Å². The van der Waals surface area contributed by atoms with Crippen molar-refractivity contribution in [3.8, 4) is 0 Å². The van der Waals surface area contributed by atoms with Gasteiger partial charge in [0.25, 0.3) is 0 Å². The van der Waals surface area contributed by atoms with Crippen LogP contribution in [0.2, 0.25) is 0 Å². The van der Waals surface area contributed by atoms with Crippen LogP contribution in [0.5, 0.6) is 0 Å². The minimum atomic E-state index is 0.841. The first kappa shape index (κ1) is 8.52. The number of hydrogen-bond acceptors (Lipinski definition) is 2. The molecule has 1 N–H and O–H groups in total. The SMILES string of the molecule is CN1CCCNC2CCCC2C1. The largest absolute Gasteiger partial charge is 0.314 e. The Balaban J connectivity index is 1.94. The first-order valence-electron chi connectivity index (χ1n) is 5.28. The van der Waals surface area contributed by atoms with E-state index in [9.17, 15) is 0 Å². The fourth-order valence-corrected chi connectivity index (χ4v) is 2.65. The molecule has 1 aliphatic heterocycles. The maximum absolute atomic E-state index is 3.68. The molecular weight excluding hydrogens is 148 g/mol. The van der Waals surface area contributed by atoms with E-state index in [0.29, 0.717) is 0 Å². The number of nitrogens with one attached hydrogen (secondary N) is 1. The summed E-state index contributed by atoms with van der Waals surface area (Å²) in [6, 6.07) is 0.841. The van der Waals surface area contributed by atoms with E-state index in [1.54, 1.807) is 0 Å². The molecule has 2 heteroatoms. The van der Waals surface area contributed by atoms with E-state index in [1.165, 1.54) is 45.3 Å². The molecule has 0 spiro atoms. The van der Waals surface area contributed by atoms with Gasteiger partial charge in [-0.3, -0.25) is 0 Å². The third-order valence-electron chi connectivity index (χ3n) is 3.33. The Morgan fingerprint density at radius 2 is 2.17 bits per heavy atom. The first-order chi connectivity index (χ1) is 5.86. The summed E-state index contributed by atoms with van der Waals surface area (Å²) < 4.78 is 0. The summed E-state index contributed by atoms with van der Waals surface area (Å²) >= 11 is 0. The van der Waals surface area contributed by atoms with E-state index in [-0.39, 0.29) is 0 Å². The normalized spacial score (nSPS) is 38.8. The van der Waals surface area contributed by atoms with Crippen molar-refractivity contribution in [3.05, 3.63) is 0 Å². The van der Waals surface area contributed by atoms with Gasteiger partial charge in [0.2, 0.25) is 0 Å². The summed E-state index contributed by atoms with van der Waals surface area (Å²) in [6.45, 7) is 3.82. The lowest BCUT2D eigenvalue weighted by atomic mass is 10.0. The molecule has 12 heavy (non-hydrogen) atoms. The minimum Gasteiger partial charge on any atom is -0.314 e. The van der Waals surface area contributed by atoms with Gasteiger partial charge >= 0.3 is 0 Å². The molecule has 1 saturated heterocycles. The Labute approximate surface area is 75.3 Å². The third kappa shape index (κ3) is 1.80. The molecule has 0 amide bonds. The summed E-state index contributed by atoms with van der Waals surface area (Å²) in [5, 5.41) is 3.68. The molecule has 1 saturated carbocycles. The average Bonchev–Trinajstić information content (AvgIpc) is 2.42. The lowest BCUT2D eigenvalue weighted by molar-refractivity contribution is 0.225. The van der Waals surface area contributed by atoms with Crippen molar-refractivity contribution in [2.24, 2.45) is 5.92 Å². The number of hydrogen-bond donors (Lipinski definition) is 1. The highest BCUT2D eigenvalue weighted by Crippen LogP contribution is 2.26. The molecule has 2 aliphatic rings. The average molecular weight is 168 g/mol. The summed E-state index contributed by atoms with van der Waals surface area (Å²) in [7, 11) is 2.26. The van der Waals surface area contributed by atoms with Crippen LogP contribution in [0.4, 0.5) is 0 Å². The quantitative estimate of drug-likeness (QED) is 0.582. The summed E-state index contributed by atoms with van der Waals surface area (Å²) in [6.07, 6.45) is 5.62. The molecule has 0 bridgehead atoms. The smallest absolute Gasteiger partial charge is 0.0107 e. The molecule has 1 aliphatic carbocycles. The van der Waals surface area contributed by atoms with Gasteiger partial charge in [-0.15, -0.1) is 0 Å². The Morgan fingerprint density at radius 3 is 3.08 bits per heavy atom. The van der Waals surface area contributed by atoms with Gasteiger partial charge < -0.3 is 10.2 Å². The number of fused-ring (bicyclic) bond motifs is 1. The predicted octanol–water partition coefficient (Wildman–Crippen LogP) is 1.08. The van der Waals surface area contributed by atoms with Gasteiger partial charge in [-0.2, -0.15) is 0 Å². The molecule has 2 unspecified atom stereocenters. The summed E-state index contributed by atoms with van der Waals surface area (Å²) in [5.41, 5.74) is 0. The van der Waals surface area contributed by atoms with Gasteiger partial charge in [-0.25, -0.2) is 0 Å². The van der Waals surface area contributed by atoms with Gasteiger partial charge in [0.15, 0.2) is 0 Å². The van der Waals surface area contributed by atoms with Crippen molar-refractivity contribution in [1.82, 2.24) is 10.2 Å². The second-order valence-corrected chi connectivity index (χ2v) is 4.37. The Kier molecular flexibility index (Phi) is 2.66. The van der Waals surface area contributed by atoms with Gasteiger partial charge in [-0.05, 0) is 45.3 Å². The lowest BCUT2D eigenvalue weighted by Gasteiger charge is -2.29. The van der Waals surface area contributed by atoms with E-state index in [0.717, 1.165) is 12.0 Å². The second kappa shape index (κ2) is 3.75. The zero-order valence-electron chi connectivity index (χ0n) is 8.05. The van der Waals surface area contributed by atoms with Crippen LogP contribution in [0.15, 0.2) is 0 Å². The van der Waals surface area contributed by atoms with E-state index in [1.807, 2.05) is 0 Å². The Morgan fingerprint density at radius 1 is 1.25 bits per heavy atom. The van der Waals surface area contributed by atoms with E-state index in [2.05, 4.69) is 17.3 Å². The van der Waals surface area contributed by atoms with Crippen LogP contribution < -0.4 is 5.32 Å². The van der Waals surface area contributed by atoms with Gasteiger partial charge in [0.05, 0.1) is 0 Å². The molecule has 2 nitrogen and oxygen atoms in total. The highest BCUT2D eigenvalue weighted by molar-refractivity contribution is 4.86.